The highest BCUT2D eigenvalue weighted by Crippen LogP contribution is 2.17. The number of aryl methyl sites for hydroxylation is 1. The maximum atomic E-state index is 12.3. The number of nitrogens with two attached hydrogens (primary N) is 1. The maximum absolute atomic E-state index is 12.3. The highest BCUT2D eigenvalue weighted by Gasteiger charge is 2.24. The molecule has 2 rings (SSSR count). The zero-order valence-corrected chi connectivity index (χ0v) is 15.4. The van der Waals surface area contributed by atoms with Gasteiger partial charge in [-0.3, -0.25) is 9.59 Å². The number of anilines is 1. The largest absolute Gasteiger partial charge is 0.382 e. The number of hydrogen-bond donors (Lipinski definition) is 3. The van der Waals surface area contributed by atoms with Crippen LogP contribution < -0.4 is 16.4 Å². The lowest BCUT2D eigenvalue weighted by molar-refractivity contribution is -0.134. The second-order valence-electron chi connectivity index (χ2n) is 7.16. The molecule has 1 atom stereocenters. The van der Waals surface area contributed by atoms with Crippen LogP contribution in [0.1, 0.15) is 32.3 Å². The summed E-state index contributed by atoms with van der Waals surface area (Å²) < 4.78 is 0. The van der Waals surface area contributed by atoms with Crippen molar-refractivity contribution in [2.75, 3.05) is 25.0 Å². The van der Waals surface area contributed by atoms with E-state index in [0.717, 1.165) is 18.5 Å². The minimum atomic E-state index is -0.572. The molecule has 6 heteroatoms. The first-order chi connectivity index (χ1) is 11.9. The van der Waals surface area contributed by atoms with Crippen molar-refractivity contribution in [2.24, 2.45) is 11.7 Å². The molecule has 6 nitrogen and oxygen atoms in total. The number of piperidine rings is 1. The lowest BCUT2D eigenvalue weighted by Crippen LogP contribution is -2.50. The van der Waals surface area contributed by atoms with Gasteiger partial charge in [0.15, 0.2) is 0 Å². The van der Waals surface area contributed by atoms with Crippen molar-refractivity contribution in [2.45, 2.75) is 45.7 Å². The first-order valence-electron chi connectivity index (χ1n) is 9.01. The summed E-state index contributed by atoms with van der Waals surface area (Å²) in [4.78, 5) is 25.9. The molecular weight excluding hydrogens is 316 g/mol. The number of carbonyl (C=O) groups excluding carboxylic acids is 2. The number of likely N-dealkylation sites (tertiary alicyclic amines) is 1. The van der Waals surface area contributed by atoms with Crippen LogP contribution in [-0.2, 0) is 9.59 Å². The lowest BCUT2D eigenvalue weighted by atomic mass is 10.0. The van der Waals surface area contributed by atoms with Crippen LogP contribution in [0.3, 0.4) is 0 Å². The van der Waals surface area contributed by atoms with Crippen LogP contribution in [-0.4, -0.2) is 48.4 Å². The molecule has 0 radical (unpaired) electrons. The number of nitrogens with zero attached hydrogens (tertiary/aromatic N) is 1. The van der Waals surface area contributed by atoms with Gasteiger partial charge in [0, 0.05) is 24.8 Å². The van der Waals surface area contributed by atoms with Gasteiger partial charge in [0.1, 0.15) is 0 Å². The molecule has 1 fully saturated rings. The molecule has 1 aromatic rings. The Morgan fingerprint density at radius 3 is 2.56 bits per heavy atom. The average Bonchev–Trinajstić information content (AvgIpc) is 2.59. The molecule has 1 aliphatic rings. The van der Waals surface area contributed by atoms with E-state index in [1.807, 2.05) is 24.8 Å². The summed E-state index contributed by atoms with van der Waals surface area (Å²) in [7, 11) is 0. The van der Waals surface area contributed by atoms with Crippen LogP contribution in [0, 0.1) is 12.8 Å². The van der Waals surface area contributed by atoms with Crippen molar-refractivity contribution in [3.8, 4) is 0 Å². The molecule has 0 saturated carbocycles. The molecule has 1 aromatic carbocycles. The molecule has 1 aliphatic heterocycles. The SMILES string of the molecule is Cc1cccc(NC2CCN(C(=O)CNC(=O)[C@@H](N)C(C)C)CC2)c1. The van der Waals surface area contributed by atoms with Gasteiger partial charge in [0.2, 0.25) is 11.8 Å². The quantitative estimate of drug-likeness (QED) is 0.728. The zero-order valence-electron chi connectivity index (χ0n) is 15.4. The number of nitrogens with one attached hydrogen (secondary N) is 2. The van der Waals surface area contributed by atoms with E-state index in [2.05, 4.69) is 35.8 Å². The van der Waals surface area contributed by atoms with Gasteiger partial charge in [-0.05, 0) is 43.4 Å². The van der Waals surface area contributed by atoms with Crippen molar-refractivity contribution in [3.05, 3.63) is 29.8 Å². The van der Waals surface area contributed by atoms with Gasteiger partial charge >= 0.3 is 0 Å². The normalized spacial score (nSPS) is 16.6. The smallest absolute Gasteiger partial charge is 0.241 e. The molecule has 25 heavy (non-hydrogen) atoms. The summed E-state index contributed by atoms with van der Waals surface area (Å²) in [6.45, 7) is 7.28. The van der Waals surface area contributed by atoms with Crippen molar-refractivity contribution in [3.63, 3.8) is 0 Å². The van der Waals surface area contributed by atoms with E-state index in [9.17, 15) is 9.59 Å². The second-order valence-corrected chi connectivity index (χ2v) is 7.16. The van der Waals surface area contributed by atoms with Crippen molar-refractivity contribution >= 4 is 17.5 Å². The molecule has 2 amide bonds. The Labute approximate surface area is 150 Å². The van der Waals surface area contributed by atoms with Crippen LogP contribution in [0.4, 0.5) is 5.69 Å². The third-order valence-electron chi connectivity index (χ3n) is 4.67. The molecule has 138 valence electrons. The van der Waals surface area contributed by atoms with E-state index >= 15 is 0 Å². The summed E-state index contributed by atoms with van der Waals surface area (Å²) >= 11 is 0. The fourth-order valence-electron chi connectivity index (χ4n) is 2.94. The number of rotatable bonds is 6. The molecule has 0 bridgehead atoms. The van der Waals surface area contributed by atoms with E-state index in [0.29, 0.717) is 19.1 Å². The van der Waals surface area contributed by atoms with Crippen LogP contribution in [0.2, 0.25) is 0 Å². The van der Waals surface area contributed by atoms with Crippen molar-refractivity contribution in [1.29, 1.82) is 0 Å². The van der Waals surface area contributed by atoms with Gasteiger partial charge < -0.3 is 21.3 Å². The summed E-state index contributed by atoms with van der Waals surface area (Å²) in [5.41, 5.74) is 8.14. The molecule has 1 saturated heterocycles. The molecule has 0 spiro atoms. The zero-order chi connectivity index (χ0) is 18.4. The molecule has 0 unspecified atom stereocenters. The van der Waals surface area contributed by atoms with Crippen LogP contribution >= 0.6 is 0 Å². The van der Waals surface area contributed by atoms with E-state index < -0.39 is 6.04 Å². The summed E-state index contributed by atoms with van der Waals surface area (Å²) in [6.07, 6.45) is 1.80. The Kier molecular flexibility index (Phi) is 6.82. The topological polar surface area (TPSA) is 87.5 Å². The number of hydrogen-bond acceptors (Lipinski definition) is 4. The van der Waals surface area contributed by atoms with Crippen LogP contribution in [0.25, 0.3) is 0 Å². The predicted molar refractivity (Wildman–Crippen MR) is 100 cm³/mol. The number of benzene rings is 1. The van der Waals surface area contributed by atoms with Gasteiger partial charge in [-0.1, -0.05) is 26.0 Å². The first kappa shape index (κ1) is 19.2. The molecule has 0 aliphatic carbocycles. The highest BCUT2D eigenvalue weighted by atomic mass is 16.2. The van der Waals surface area contributed by atoms with Crippen LogP contribution in [0.5, 0.6) is 0 Å². The molecule has 4 N–H and O–H groups in total. The second kappa shape index (κ2) is 8.85. The third-order valence-corrected chi connectivity index (χ3v) is 4.67. The average molecular weight is 346 g/mol. The van der Waals surface area contributed by atoms with E-state index in [1.54, 1.807) is 0 Å². The first-order valence-corrected chi connectivity index (χ1v) is 9.01. The van der Waals surface area contributed by atoms with E-state index in [1.165, 1.54) is 5.56 Å². The Morgan fingerprint density at radius 1 is 1.28 bits per heavy atom. The predicted octanol–water partition coefficient (Wildman–Crippen LogP) is 1.50. The summed E-state index contributed by atoms with van der Waals surface area (Å²) in [5, 5.41) is 6.18. The lowest BCUT2D eigenvalue weighted by Gasteiger charge is -2.33. The van der Waals surface area contributed by atoms with Gasteiger partial charge in [-0.25, -0.2) is 0 Å². The Balaban J connectivity index is 1.74. The van der Waals surface area contributed by atoms with Crippen molar-refractivity contribution < 1.29 is 9.59 Å². The Bertz CT molecular complexity index is 595. The highest BCUT2D eigenvalue weighted by molar-refractivity contribution is 5.87. The van der Waals surface area contributed by atoms with E-state index in [4.69, 9.17) is 5.73 Å². The van der Waals surface area contributed by atoms with Crippen molar-refractivity contribution in [1.82, 2.24) is 10.2 Å². The molecular formula is C19H30N4O2. The van der Waals surface area contributed by atoms with Crippen LogP contribution in [0.15, 0.2) is 24.3 Å². The standard InChI is InChI=1S/C19H30N4O2/c1-13(2)18(20)19(25)21-12-17(24)23-9-7-15(8-10-23)22-16-6-4-5-14(3)11-16/h4-6,11,13,15,18,22H,7-10,12,20H2,1-3H3,(H,21,25)/t18-/m0/s1. The minimum absolute atomic E-state index is 0.0230. The third kappa shape index (κ3) is 5.74. The molecule has 0 aromatic heterocycles. The Morgan fingerprint density at radius 2 is 1.96 bits per heavy atom. The van der Waals surface area contributed by atoms with Gasteiger partial charge in [0.05, 0.1) is 12.6 Å². The van der Waals surface area contributed by atoms with Gasteiger partial charge in [-0.2, -0.15) is 0 Å². The summed E-state index contributed by atoms with van der Waals surface area (Å²) in [6, 6.07) is 8.11. The monoisotopic (exact) mass is 346 g/mol. The fraction of sp³-hybridized carbons (Fsp3) is 0.579. The van der Waals surface area contributed by atoms with Gasteiger partial charge in [-0.15, -0.1) is 0 Å². The van der Waals surface area contributed by atoms with E-state index in [-0.39, 0.29) is 24.3 Å². The summed E-state index contributed by atoms with van der Waals surface area (Å²) in [5.74, 6) is -0.254. The van der Waals surface area contributed by atoms with Gasteiger partial charge in [0.25, 0.3) is 0 Å². The minimum Gasteiger partial charge on any atom is -0.382 e. The Hall–Kier alpha value is -2.08. The maximum Gasteiger partial charge on any atom is 0.241 e. The fourth-order valence-corrected chi connectivity index (χ4v) is 2.94. The number of amides is 2. The molecule has 1 heterocycles. The number of carbonyl (C=O) groups is 2.